The Labute approximate surface area is 133 Å². The minimum atomic E-state index is 0.778. The highest BCUT2D eigenvalue weighted by atomic mass is 35.5. The lowest BCUT2D eigenvalue weighted by Gasteiger charge is -2.27. The van der Waals surface area contributed by atoms with Gasteiger partial charge in [-0.1, -0.05) is 49.2 Å². The number of rotatable bonds is 6. The van der Waals surface area contributed by atoms with Crippen molar-refractivity contribution < 1.29 is 0 Å². The molecule has 20 heavy (non-hydrogen) atoms. The first-order valence-corrected chi connectivity index (χ1v) is 9.31. The molecule has 0 nitrogen and oxygen atoms in total. The molecule has 2 unspecified atom stereocenters. The van der Waals surface area contributed by atoms with Gasteiger partial charge in [0.15, 0.2) is 0 Å². The fourth-order valence-corrected chi connectivity index (χ4v) is 4.31. The van der Waals surface area contributed by atoms with Crippen LogP contribution in [0.5, 0.6) is 0 Å². The van der Waals surface area contributed by atoms with Gasteiger partial charge in [0.2, 0.25) is 0 Å². The molecule has 110 valence electrons. The minimum Gasteiger partial charge on any atom is -0.162 e. The largest absolute Gasteiger partial charge is 0.162 e. The van der Waals surface area contributed by atoms with Gasteiger partial charge in [-0.3, -0.25) is 0 Å². The predicted octanol–water partition coefficient (Wildman–Crippen LogP) is 6.00. The Morgan fingerprint density at radius 3 is 2.80 bits per heavy atom. The molecule has 1 saturated heterocycles. The average molecular weight is 309 g/mol. The standard InChI is InChI=1S/C18H25ClS/c1-2-5-16(17-8-4-13-20-14-17)7-3-6-15-9-11-18(19)12-10-15/h3,7,9-12,16-17H,2,4-6,8,13-14H2,1H3. The lowest BCUT2D eigenvalue weighted by atomic mass is 9.86. The van der Waals surface area contributed by atoms with Gasteiger partial charge in [-0.15, -0.1) is 0 Å². The molecule has 0 amide bonds. The van der Waals surface area contributed by atoms with Crippen LogP contribution in [-0.4, -0.2) is 11.5 Å². The summed E-state index contributed by atoms with van der Waals surface area (Å²) in [6, 6.07) is 8.20. The number of benzene rings is 1. The zero-order valence-electron chi connectivity index (χ0n) is 12.4. The normalized spacial score (nSPS) is 21.2. The molecule has 2 atom stereocenters. The van der Waals surface area contributed by atoms with Crippen molar-refractivity contribution in [1.82, 2.24) is 0 Å². The molecule has 0 bridgehead atoms. The van der Waals surface area contributed by atoms with Crippen molar-refractivity contribution in [2.45, 2.75) is 39.0 Å². The number of halogens is 1. The lowest BCUT2D eigenvalue weighted by Crippen LogP contribution is -2.19. The molecule has 2 rings (SSSR count). The van der Waals surface area contributed by atoms with Gasteiger partial charge >= 0.3 is 0 Å². The van der Waals surface area contributed by atoms with Crippen LogP contribution >= 0.6 is 23.4 Å². The topological polar surface area (TPSA) is 0 Å². The van der Waals surface area contributed by atoms with Crippen LogP contribution in [0.25, 0.3) is 0 Å². The van der Waals surface area contributed by atoms with Crippen molar-refractivity contribution in [1.29, 1.82) is 0 Å². The Morgan fingerprint density at radius 1 is 1.35 bits per heavy atom. The molecule has 0 spiro atoms. The van der Waals surface area contributed by atoms with Gasteiger partial charge in [-0.05, 0) is 66.7 Å². The molecule has 1 fully saturated rings. The molecule has 0 N–H and O–H groups in total. The van der Waals surface area contributed by atoms with E-state index in [2.05, 4.69) is 43.0 Å². The Hall–Kier alpha value is -0.400. The van der Waals surface area contributed by atoms with E-state index in [0.717, 1.165) is 23.3 Å². The molecule has 0 radical (unpaired) electrons. The van der Waals surface area contributed by atoms with Gasteiger partial charge in [0, 0.05) is 5.02 Å². The molecule has 2 heteroatoms. The maximum atomic E-state index is 5.92. The second kappa shape index (κ2) is 8.79. The molecule has 1 aromatic rings. The molecule has 1 aliphatic rings. The van der Waals surface area contributed by atoms with Crippen molar-refractivity contribution in [3.8, 4) is 0 Å². The van der Waals surface area contributed by atoms with Crippen molar-refractivity contribution >= 4 is 23.4 Å². The molecule has 0 aromatic heterocycles. The van der Waals surface area contributed by atoms with E-state index >= 15 is 0 Å². The predicted molar refractivity (Wildman–Crippen MR) is 92.7 cm³/mol. The highest BCUT2D eigenvalue weighted by Crippen LogP contribution is 2.32. The molecule has 0 saturated carbocycles. The van der Waals surface area contributed by atoms with Crippen LogP contribution in [0.3, 0.4) is 0 Å². The number of hydrogen-bond donors (Lipinski definition) is 0. The monoisotopic (exact) mass is 308 g/mol. The first kappa shape index (κ1) is 16.0. The highest BCUT2D eigenvalue weighted by Gasteiger charge is 2.20. The van der Waals surface area contributed by atoms with E-state index in [0.29, 0.717) is 0 Å². The molecule has 1 aliphatic heterocycles. The van der Waals surface area contributed by atoms with Crippen LogP contribution in [0.15, 0.2) is 36.4 Å². The second-order valence-corrected chi connectivity index (χ2v) is 7.27. The van der Waals surface area contributed by atoms with Crippen molar-refractivity contribution in [2.24, 2.45) is 11.8 Å². The maximum absolute atomic E-state index is 5.92. The quantitative estimate of drug-likeness (QED) is 0.581. The van der Waals surface area contributed by atoms with E-state index in [-0.39, 0.29) is 0 Å². The molecule has 0 aliphatic carbocycles. The summed E-state index contributed by atoms with van der Waals surface area (Å²) in [5, 5.41) is 0.820. The minimum absolute atomic E-state index is 0.778. The van der Waals surface area contributed by atoms with Gasteiger partial charge in [0.05, 0.1) is 0 Å². The molecular formula is C18H25ClS. The van der Waals surface area contributed by atoms with E-state index in [1.807, 2.05) is 12.1 Å². The molecule has 1 aromatic carbocycles. The van der Waals surface area contributed by atoms with Gasteiger partial charge in [-0.25, -0.2) is 0 Å². The first-order valence-electron chi connectivity index (χ1n) is 7.78. The van der Waals surface area contributed by atoms with Crippen LogP contribution in [0.4, 0.5) is 0 Å². The lowest BCUT2D eigenvalue weighted by molar-refractivity contribution is 0.374. The molecular weight excluding hydrogens is 284 g/mol. The Kier molecular flexibility index (Phi) is 7.02. The third-order valence-electron chi connectivity index (χ3n) is 4.07. The third kappa shape index (κ3) is 5.18. The SMILES string of the molecule is CCCC(C=CCc1ccc(Cl)cc1)C1CCCSC1. The number of allylic oxidation sites excluding steroid dienone is 2. The summed E-state index contributed by atoms with van der Waals surface area (Å²) in [4.78, 5) is 0. The van der Waals surface area contributed by atoms with E-state index in [4.69, 9.17) is 11.6 Å². The fraction of sp³-hybridized carbons (Fsp3) is 0.556. The number of hydrogen-bond acceptors (Lipinski definition) is 1. The summed E-state index contributed by atoms with van der Waals surface area (Å²) in [5.74, 6) is 4.40. The van der Waals surface area contributed by atoms with Crippen LogP contribution in [-0.2, 0) is 6.42 Å². The van der Waals surface area contributed by atoms with Gasteiger partial charge in [0.25, 0.3) is 0 Å². The van der Waals surface area contributed by atoms with Gasteiger partial charge in [-0.2, -0.15) is 11.8 Å². The summed E-state index contributed by atoms with van der Waals surface area (Å²) < 4.78 is 0. The van der Waals surface area contributed by atoms with Crippen molar-refractivity contribution in [3.05, 3.63) is 47.0 Å². The van der Waals surface area contributed by atoms with Crippen molar-refractivity contribution in [3.63, 3.8) is 0 Å². The van der Waals surface area contributed by atoms with E-state index in [1.165, 1.54) is 42.8 Å². The molecule has 1 heterocycles. The van der Waals surface area contributed by atoms with E-state index in [9.17, 15) is 0 Å². The summed E-state index contributed by atoms with van der Waals surface area (Å²) in [5.41, 5.74) is 1.35. The van der Waals surface area contributed by atoms with Crippen LogP contribution in [0.1, 0.15) is 38.2 Å². The van der Waals surface area contributed by atoms with Gasteiger partial charge < -0.3 is 0 Å². The van der Waals surface area contributed by atoms with Crippen LogP contribution < -0.4 is 0 Å². The third-order valence-corrected chi connectivity index (χ3v) is 5.57. The highest BCUT2D eigenvalue weighted by molar-refractivity contribution is 7.99. The number of thioether (sulfide) groups is 1. The summed E-state index contributed by atoms with van der Waals surface area (Å²) in [6.45, 7) is 2.30. The fourth-order valence-electron chi connectivity index (χ4n) is 2.93. The zero-order valence-corrected chi connectivity index (χ0v) is 13.9. The summed E-state index contributed by atoms with van der Waals surface area (Å²) in [6.07, 6.45) is 11.3. The van der Waals surface area contributed by atoms with Crippen LogP contribution in [0, 0.1) is 11.8 Å². The zero-order chi connectivity index (χ0) is 14.2. The maximum Gasteiger partial charge on any atom is 0.0406 e. The Balaban J connectivity index is 1.89. The van der Waals surface area contributed by atoms with Crippen molar-refractivity contribution in [2.75, 3.05) is 11.5 Å². The van der Waals surface area contributed by atoms with Gasteiger partial charge in [0.1, 0.15) is 0 Å². The first-order chi connectivity index (χ1) is 9.79. The Morgan fingerprint density at radius 2 is 2.15 bits per heavy atom. The average Bonchev–Trinajstić information content (AvgIpc) is 2.49. The Bertz CT molecular complexity index is 404. The van der Waals surface area contributed by atoms with E-state index < -0.39 is 0 Å². The second-order valence-electron chi connectivity index (χ2n) is 5.69. The smallest absolute Gasteiger partial charge is 0.0406 e. The van der Waals surface area contributed by atoms with E-state index in [1.54, 1.807) is 0 Å². The van der Waals surface area contributed by atoms with Crippen LogP contribution in [0.2, 0.25) is 5.02 Å². The summed E-state index contributed by atoms with van der Waals surface area (Å²) >= 11 is 8.06. The summed E-state index contributed by atoms with van der Waals surface area (Å²) in [7, 11) is 0.